The third-order valence-corrected chi connectivity index (χ3v) is 11.2. The molecule has 222 valence electrons. The molecule has 1 aliphatic carbocycles. The van der Waals surface area contributed by atoms with Crippen LogP contribution in [0.1, 0.15) is 25.0 Å². The van der Waals surface area contributed by atoms with Crippen molar-refractivity contribution in [2.24, 2.45) is 0 Å². The number of aromatic nitrogens is 3. The maximum absolute atomic E-state index is 5.36. The minimum Gasteiger partial charge on any atom is -0.293 e. The third kappa shape index (κ3) is 3.67. The molecule has 0 bridgehead atoms. The molecule has 9 aromatic rings. The monoisotopic (exact) mass is 619 g/mol. The summed E-state index contributed by atoms with van der Waals surface area (Å²) in [7, 11) is 0. The predicted octanol–water partition coefficient (Wildman–Crippen LogP) is 11.6. The lowest BCUT2D eigenvalue weighted by Gasteiger charge is -2.22. The molecule has 4 heteroatoms. The van der Waals surface area contributed by atoms with Crippen molar-refractivity contribution in [1.29, 1.82) is 0 Å². The first-order valence-corrected chi connectivity index (χ1v) is 16.9. The Bertz CT molecular complexity index is 2640. The first kappa shape index (κ1) is 26.6. The SMILES string of the molecule is CC1(C)c2ccccc2-c2c1c1sc3ccccc3c1c1c2c2ccccc2n1-c1cc(-c2ccccc2)nc(-c2ccccc2)n1. The molecule has 0 unspecified atom stereocenters. The van der Waals surface area contributed by atoms with E-state index in [1.165, 1.54) is 58.7 Å². The quantitative estimate of drug-likeness (QED) is 0.197. The van der Waals surface area contributed by atoms with Crippen LogP contribution in [0.3, 0.4) is 0 Å². The van der Waals surface area contributed by atoms with Crippen LogP contribution in [-0.4, -0.2) is 14.5 Å². The summed E-state index contributed by atoms with van der Waals surface area (Å²) in [5.41, 5.74) is 10.7. The van der Waals surface area contributed by atoms with Gasteiger partial charge in [0.25, 0.3) is 0 Å². The highest BCUT2D eigenvalue weighted by molar-refractivity contribution is 7.26. The van der Waals surface area contributed by atoms with Gasteiger partial charge < -0.3 is 0 Å². The van der Waals surface area contributed by atoms with Crippen molar-refractivity contribution in [3.05, 3.63) is 151 Å². The van der Waals surface area contributed by atoms with E-state index in [9.17, 15) is 0 Å². The molecule has 0 spiro atoms. The highest BCUT2D eigenvalue weighted by atomic mass is 32.1. The first-order chi connectivity index (χ1) is 23.1. The third-order valence-electron chi connectivity index (χ3n) is 9.97. The lowest BCUT2D eigenvalue weighted by molar-refractivity contribution is 0.667. The largest absolute Gasteiger partial charge is 0.293 e. The van der Waals surface area contributed by atoms with Gasteiger partial charge in [0.1, 0.15) is 5.82 Å². The second kappa shape index (κ2) is 9.71. The van der Waals surface area contributed by atoms with Gasteiger partial charge in [-0.3, -0.25) is 4.57 Å². The van der Waals surface area contributed by atoms with E-state index in [4.69, 9.17) is 9.97 Å². The molecule has 0 fully saturated rings. The summed E-state index contributed by atoms with van der Waals surface area (Å²) >= 11 is 1.92. The van der Waals surface area contributed by atoms with Crippen LogP contribution in [0.15, 0.2) is 140 Å². The standard InChI is InChI=1S/C43H29N3S/c1-43(2)31-22-12-9-19-28(31)36-37-29-20-10-13-23-33(29)46(40(37)38-30-21-11-14-24-34(30)47-41(38)39(36)43)35-25-32(26-15-5-3-6-16-26)44-42(45-35)27-17-7-4-8-18-27/h3-25H,1-2H3. The minimum absolute atomic E-state index is 0.141. The average molecular weight is 620 g/mol. The second-order valence-electron chi connectivity index (χ2n) is 13.0. The smallest absolute Gasteiger partial charge is 0.162 e. The molecule has 0 radical (unpaired) electrons. The van der Waals surface area contributed by atoms with Gasteiger partial charge >= 0.3 is 0 Å². The summed E-state index contributed by atoms with van der Waals surface area (Å²) in [6.07, 6.45) is 0. The summed E-state index contributed by atoms with van der Waals surface area (Å²) < 4.78 is 5.08. The zero-order chi connectivity index (χ0) is 31.3. The van der Waals surface area contributed by atoms with Crippen molar-refractivity contribution in [2.75, 3.05) is 0 Å². The molecule has 0 atom stereocenters. The Morgan fingerprint density at radius 3 is 2.09 bits per heavy atom. The number of benzene rings is 6. The fourth-order valence-corrected chi connectivity index (χ4v) is 9.35. The normalized spacial score (nSPS) is 13.5. The number of hydrogen-bond acceptors (Lipinski definition) is 3. The van der Waals surface area contributed by atoms with Crippen molar-refractivity contribution in [3.63, 3.8) is 0 Å². The summed E-state index contributed by atoms with van der Waals surface area (Å²) in [6, 6.07) is 49.7. The van der Waals surface area contributed by atoms with Crippen LogP contribution in [-0.2, 0) is 5.41 Å². The number of rotatable bonds is 3. The van der Waals surface area contributed by atoms with E-state index in [1.54, 1.807) is 0 Å². The Kier molecular flexibility index (Phi) is 5.50. The number of para-hydroxylation sites is 1. The maximum Gasteiger partial charge on any atom is 0.162 e. The molecule has 10 rings (SSSR count). The van der Waals surface area contributed by atoms with Crippen LogP contribution in [0.4, 0.5) is 0 Å². The zero-order valence-electron chi connectivity index (χ0n) is 26.0. The van der Waals surface area contributed by atoms with Crippen LogP contribution in [0.25, 0.3) is 81.6 Å². The second-order valence-corrected chi connectivity index (χ2v) is 14.0. The van der Waals surface area contributed by atoms with Gasteiger partial charge in [0, 0.05) is 53.6 Å². The van der Waals surface area contributed by atoms with E-state index < -0.39 is 0 Å². The van der Waals surface area contributed by atoms with Crippen LogP contribution >= 0.6 is 11.3 Å². The van der Waals surface area contributed by atoms with Crippen LogP contribution < -0.4 is 0 Å². The maximum atomic E-state index is 5.36. The average Bonchev–Trinajstić information content (AvgIpc) is 3.75. The molecule has 3 aromatic heterocycles. The molecule has 0 saturated heterocycles. The fraction of sp³-hybridized carbons (Fsp3) is 0.0698. The summed E-state index contributed by atoms with van der Waals surface area (Å²) in [4.78, 5) is 10.5. The van der Waals surface area contributed by atoms with Crippen LogP contribution in [0.5, 0.6) is 0 Å². The lowest BCUT2D eigenvalue weighted by atomic mass is 9.81. The molecule has 3 heterocycles. The Hall–Kier alpha value is -5.58. The van der Waals surface area contributed by atoms with E-state index in [1.807, 2.05) is 17.4 Å². The molecular formula is C43H29N3S. The van der Waals surface area contributed by atoms with Crippen LogP contribution in [0, 0.1) is 0 Å². The highest BCUT2D eigenvalue weighted by Gasteiger charge is 2.40. The highest BCUT2D eigenvalue weighted by Crippen LogP contribution is 2.58. The summed E-state index contributed by atoms with van der Waals surface area (Å²) in [5.74, 6) is 1.58. The molecule has 0 N–H and O–H groups in total. The van der Waals surface area contributed by atoms with Gasteiger partial charge in [-0.15, -0.1) is 11.3 Å². The van der Waals surface area contributed by atoms with Gasteiger partial charge in [0.2, 0.25) is 0 Å². The molecule has 0 saturated carbocycles. The molecule has 1 aliphatic rings. The number of nitrogens with zero attached hydrogens (tertiary/aromatic N) is 3. The van der Waals surface area contributed by atoms with Crippen molar-refractivity contribution in [2.45, 2.75) is 19.3 Å². The van der Waals surface area contributed by atoms with Gasteiger partial charge in [-0.25, -0.2) is 9.97 Å². The summed E-state index contributed by atoms with van der Waals surface area (Å²) in [6.45, 7) is 4.80. The van der Waals surface area contributed by atoms with Crippen molar-refractivity contribution >= 4 is 53.3 Å². The summed E-state index contributed by atoms with van der Waals surface area (Å²) in [5, 5.41) is 5.13. The molecular weight excluding hydrogens is 591 g/mol. The molecule has 0 amide bonds. The van der Waals surface area contributed by atoms with E-state index in [0.717, 1.165) is 28.2 Å². The van der Waals surface area contributed by atoms with Gasteiger partial charge in [0.05, 0.1) is 16.7 Å². The van der Waals surface area contributed by atoms with E-state index >= 15 is 0 Å². The van der Waals surface area contributed by atoms with E-state index in [0.29, 0.717) is 5.82 Å². The topological polar surface area (TPSA) is 30.7 Å². The van der Waals surface area contributed by atoms with Gasteiger partial charge in [0.15, 0.2) is 5.82 Å². The van der Waals surface area contributed by atoms with Crippen molar-refractivity contribution in [3.8, 4) is 39.6 Å². The fourth-order valence-electron chi connectivity index (χ4n) is 7.93. The minimum atomic E-state index is -0.141. The molecule has 47 heavy (non-hydrogen) atoms. The Morgan fingerprint density at radius 1 is 0.617 bits per heavy atom. The van der Waals surface area contributed by atoms with Gasteiger partial charge in [-0.2, -0.15) is 0 Å². The number of fused-ring (bicyclic) bond motifs is 12. The molecule has 6 aromatic carbocycles. The molecule has 3 nitrogen and oxygen atoms in total. The predicted molar refractivity (Wildman–Crippen MR) is 198 cm³/mol. The van der Waals surface area contributed by atoms with Gasteiger partial charge in [-0.1, -0.05) is 135 Å². The van der Waals surface area contributed by atoms with Crippen LogP contribution in [0.2, 0.25) is 0 Å². The first-order valence-electron chi connectivity index (χ1n) is 16.1. The van der Waals surface area contributed by atoms with Crippen molar-refractivity contribution in [1.82, 2.24) is 14.5 Å². The number of hydrogen-bond donors (Lipinski definition) is 0. The zero-order valence-corrected chi connectivity index (χ0v) is 26.8. The van der Waals surface area contributed by atoms with Gasteiger partial charge in [-0.05, 0) is 34.4 Å². The molecule has 0 aliphatic heterocycles. The number of thiophene rings is 1. The Balaban J connectivity index is 1.44. The Morgan fingerprint density at radius 2 is 1.28 bits per heavy atom. The van der Waals surface area contributed by atoms with E-state index in [2.05, 4.69) is 152 Å². The Labute approximate surface area is 276 Å². The lowest BCUT2D eigenvalue weighted by Crippen LogP contribution is -2.15. The van der Waals surface area contributed by atoms with Crippen molar-refractivity contribution < 1.29 is 0 Å². The van der Waals surface area contributed by atoms with E-state index in [-0.39, 0.29) is 5.41 Å².